The fourth-order valence-electron chi connectivity index (χ4n) is 11.6. The van der Waals surface area contributed by atoms with Crippen LogP contribution in [0.1, 0.15) is 155 Å². The number of nitrogens with zero attached hydrogens (tertiary/aromatic N) is 1. The van der Waals surface area contributed by atoms with Crippen molar-refractivity contribution >= 4 is 57.4 Å². The summed E-state index contributed by atoms with van der Waals surface area (Å²) in [5, 5.41) is 0.592. The second-order valence-corrected chi connectivity index (χ2v) is 23.0. The van der Waals surface area contributed by atoms with E-state index in [9.17, 15) is 28.8 Å². The fraction of sp³-hybridized carbons (Fsp3) is 0.508. The maximum absolute atomic E-state index is 13.8. The molecule has 14 heteroatoms. The molecule has 0 spiro atoms. The van der Waals surface area contributed by atoms with Gasteiger partial charge in [0.2, 0.25) is 0 Å². The zero-order valence-electron chi connectivity index (χ0n) is 44.6. The van der Waals surface area contributed by atoms with Gasteiger partial charge in [-0.3, -0.25) is 28.8 Å². The number of unbranched alkanes of at least 4 members (excludes halogenated alkanes) is 2. The molecule has 4 aliphatic carbocycles. The van der Waals surface area contributed by atoms with Crippen LogP contribution in [-0.4, -0.2) is 40.8 Å². The second kappa shape index (κ2) is 26.8. The number of benzene rings is 4. The summed E-state index contributed by atoms with van der Waals surface area (Å²) < 4.78 is 35.8. The van der Waals surface area contributed by atoms with Crippen molar-refractivity contribution in [1.82, 2.24) is 4.98 Å². The molecule has 5 aromatic rings. The lowest BCUT2D eigenvalue weighted by molar-refractivity contribution is -0.145. The third kappa shape index (κ3) is 15.0. The van der Waals surface area contributed by atoms with E-state index in [0.29, 0.717) is 96.8 Å². The Morgan fingerprint density at radius 1 is 0.416 bits per heavy atom. The molecule has 0 atom stereocenters. The molecule has 0 unspecified atom stereocenters. The van der Waals surface area contributed by atoms with Gasteiger partial charge in [0.1, 0.15) is 39.5 Å². The van der Waals surface area contributed by atoms with Crippen molar-refractivity contribution in [2.24, 2.45) is 47.3 Å². The Morgan fingerprint density at radius 3 is 1.10 bits per heavy atom. The van der Waals surface area contributed by atoms with Gasteiger partial charge < -0.3 is 28.4 Å². The van der Waals surface area contributed by atoms with E-state index in [2.05, 4.69) is 13.8 Å². The van der Waals surface area contributed by atoms with E-state index in [4.69, 9.17) is 33.4 Å². The molecule has 0 radical (unpaired) electrons. The maximum atomic E-state index is 13.8. The number of carbonyl (C=O) groups is 6. The highest BCUT2D eigenvalue weighted by Gasteiger charge is 2.35. The molecule has 0 N–H and O–H groups in total. The van der Waals surface area contributed by atoms with Gasteiger partial charge in [-0.2, -0.15) is 0 Å². The highest BCUT2D eigenvalue weighted by atomic mass is 32.1. The number of carbonyl (C=O) groups excluding carboxylic acids is 6. The van der Waals surface area contributed by atoms with Crippen LogP contribution >= 0.6 is 11.3 Å². The highest BCUT2D eigenvalue weighted by Crippen LogP contribution is 2.41. The lowest BCUT2D eigenvalue weighted by Gasteiger charge is -2.27. The van der Waals surface area contributed by atoms with Gasteiger partial charge in [0.05, 0.1) is 51.3 Å². The number of aromatic nitrogens is 1. The van der Waals surface area contributed by atoms with E-state index in [-0.39, 0.29) is 53.1 Å². The number of para-hydroxylation sites is 1. The van der Waals surface area contributed by atoms with Gasteiger partial charge >= 0.3 is 35.8 Å². The molecule has 0 saturated heterocycles. The van der Waals surface area contributed by atoms with E-state index >= 15 is 0 Å². The topological polar surface area (TPSA) is 171 Å². The van der Waals surface area contributed by atoms with E-state index < -0.39 is 29.7 Å². The molecule has 4 saturated carbocycles. The number of hydrogen-bond donors (Lipinski definition) is 0. The first-order valence-corrected chi connectivity index (χ1v) is 29.3. The lowest BCUT2D eigenvalue weighted by Crippen LogP contribution is -2.30. The van der Waals surface area contributed by atoms with Gasteiger partial charge in [-0.05, 0) is 193 Å². The number of fused-ring (bicyclic) bond motifs is 1. The Hall–Kier alpha value is -6.41. The smallest absolute Gasteiger partial charge is 0.314 e. The first-order valence-electron chi connectivity index (χ1n) is 28.5. The minimum Gasteiger partial charge on any atom is -0.426 e. The van der Waals surface area contributed by atoms with Crippen molar-refractivity contribution in [2.45, 2.75) is 155 Å². The number of rotatable bonds is 19. The average Bonchev–Trinajstić information content (AvgIpc) is 3.91. The number of ether oxygens (including phenoxy) is 6. The summed E-state index contributed by atoms with van der Waals surface area (Å²) in [5.74, 6) is -0.265. The summed E-state index contributed by atoms with van der Waals surface area (Å²) >= 11 is 1.43. The van der Waals surface area contributed by atoms with Gasteiger partial charge in [0.25, 0.3) is 0 Å². The van der Waals surface area contributed by atoms with Gasteiger partial charge in [-0.1, -0.05) is 64.5 Å². The van der Waals surface area contributed by atoms with Crippen LogP contribution < -0.4 is 28.4 Å². The molecule has 0 amide bonds. The predicted octanol–water partition coefficient (Wildman–Crippen LogP) is 14.4. The molecular weight excluding hydrogens is 995 g/mol. The normalized spacial score (nSPS) is 23.5. The molecule has 4 fully saturated rings. The molecule has 1 aromatic heterocycles. The van der Waals surface area contributed by atoms with Crippen LogP contribution in [0.4, 0.5) is 0 Å². The number of hydrogen-bond acceptors (Lipinski definition) is 14. The Morgan fingerprint density at radius 2 is 0.740 bits per heavy atom. The molecule has 408 valence electrons. The molecule has 13 nitrogen and oxygen atoms in total. The Labute approximate surface area is 456 Å². The first kappa shape index (κ1) is 55.3. The van der Waals surface area contributed by atoms with E-state index in [1.807, 2.05) is 24.3 Å². The van der Waals surface area contributed by atoms with E-state index in [1.165, 1.54) is 49.9 Å². The summed E-state index contributed by atoms with van der Waals surface area (Å²) in [7, 11) is 0. The SMILES string of the molecule is CCCCC1CCC(C(=O)Oc2ccc(OC(=O)C3CCC(C(=O)Oc4ccc(OC(=O)[C@H]5CC[C@H](C(=O)Oc6ccc(OC(=O)C7CCC(CCCC)CC7)cc6)CC5)cc4-c4nc5ccccc5s4)CC3)cc2)CC1. The van der Waals surface area contributed by atoms with Crippen molar-refractivity contribution in [3.05, 3.63) is 91.0 Å². The van der Waals surface area contributed by atoms with Crippen LogP contribution in [-0.2, 0) is 28.8 Å². The van der Waals surface area contributed by atoms with Crippen LogP contribution in [0, 0.1) is 47.3 Å². The van der Waals surface area contributed by atoms with Crippen LogP contribution in [0.5, 0.6) is 34.5 Å². The summed E-state index contributed by atoms with van der Waals surface area (Å²) in [4.78, 5) is 84.5. The number of thiazole rings is 1. The van der Waals surface area contributed by atoms with Crippen molar-refractivity contribution < 1.29 is 57.2 Å². The van der Waals surface area contributed by atoms with Gasteiger partial charge in [-0.15, -0.1) is 11.3 Å². The summed E-state index contributed by atoms with van der Waals surface area (Å²) in [6.07, 6.45) is 18.6. The molecular formula is C63H73NO12S. The maximum Gasteiger partial charge on any atom is 0.314 e. The summed E-state index contributed by atoms with van der Waals surface area (Å²) in [6, 6.07) is 25.7. The second-order valence-electron chi connectivity index (χ2n) is 21.9. The van der Waals surface area contributed by atoms with E-state index in [1.54, 1.807) is 66.7 Å². The van der Waals surface area contributed by atoms with E-state index in [0.717, 1.165) is 61.6 Å². The zero-order chi connectivity index (χ0) is 53.7. The lowest BCUT2D eigenvalue weighted by atomic mass is 9.80. The molecule has 77 heavy (non-hydrogen) atoms. The van der Waals surface area contributed by atoms with Crippen molar-refractivity contribution in [2.75, 3.05) is 0 Å². The van der Waals surface area contributed by atoms with Crippen LogP contribution in [0.3, 0.4) is 0 Å². The average molecular weight is 1070 g/mol. The van der Waals surface area contributed by atoms with Gasteiger partial charge in [-0.25, -0.2) is 4.98 Å². The monoisotopic (exact) mass is 1070 g/mol. The number of esters is 6. The Kier molecular flexibility index (Phi) is 19.2. The quantitative estimate of drug-likeness (QED) is 0.0566. The molecule has 9 rings (SSSR count). The summed E-state index contributed by atoms with van der Waals surface area (Å²) in [6.45, 7) is 4.41. The largest absolute Gasteiger partial charge is 0.426 e. The van der Waals surface area contributed by atoms with Crippen LogP contribution in [0.25, 0.3) is 20.8 Å². The van der Waals surface area contributed by atoms with Crippen molar-refractivity contribution in [3.8, 4) is 45.1 Å². The molecule has 0 aliphatic heterocycles. The first-order chi connectivity index (χ1) is 37.5. The fourth-order valence-corrected chi connectivity index (χ4v) is 12.6. The summed E-state index contributed by atoms with van der Waals surface area (Å²) in [5.41, 5.74) is 1.28. The third-order valence-electron chi connectivity index (χ3n) is 16.5. The molecule has 0 bridgehead atoms. The standard InChI is InChI=1S/C63H73NO12S/c1-3-5-9-40-13-17-42(18-14-40)58(65)71-48-29-33-50(34-30-48)73-60(67)44-21-23-46(24-22-44)62(69)75-52-37-38-55(53(39-52)57-64-54-11-7-8-12-56(54)77-57)76-63(70)47-27-25-45(26-28-47)61(68)74-51-35-31-49(32-36-51)72-59(66)43-19-15-41(16-20-43)10-6-4-2/h7-8,11-12,29-47H,3-6,9-10,13-28H2,1-2H3/t40?,41?,42?,43?,44-,45?,46-,47?. The van der Waals surface area contributed by atoms with Gasteiger partial charge in [0, 0.05) is 0 Å². The molecule has 4 aliphatic rings. The van der Waals surface area contributed by atoms with Gasteiger partial charge in [0.15, 0.2) is 0 Å². The molecule has 4 aromatic carbocycles. The Bertz CT molecular complexity index is 2780. The minimum atomic E-state index is -0.445. The Balaban J connectivity index is 0.732. The van der Waals surface area contributed by atoms with Crippen molar-refractivity contribution in [1.29, 1.82) is 0 Å². The molecule has 1 heterocycles. The third-order valence-corrected chi connectivity index (χ3v) is 17.6. The van der Waals surface area contributed by atoms with Crippen molar-refractivity contribution in [3.63, 3.8) is 0 Å². The minimum absolute atomic E-state index is 0.0859. The van der Waals surface area contributed by atoms with Crippen LogP contribution in [0.2, 0.25) is 0 Å². The zero-order valence-corrected chi connectivity index (χ0v) is 45.4. The highest BCUT2D eigenvalue weighted by molar-refractivity contribution is 7.21. The predicted molar refractivity (Wildman–Crippen MR) is 293 cm³/mol. The van der Waals surface area contributed by atoms with Crippen LogP contribution in [0.15, 0.2) is 91.0 Å².